The van der Waals surface area contributed by atoms with Gasteiger partial charge in [-0.2, -0.15) is 0 Å². The van der Waals surface area contributed by atoms with Crippen LogP contribution in [0.25, 0.3) is 10.9 Å². The number of carbonyl (C=O) groups excluding carboxylic acids is 3. The van der Waals surface area contributed by atoms with Crippen molar-refractivity contribution in [3.8, 4) is 0 Å². The number of anilines is 1. The van der Waals surface area contributed by atoms with E-state index in [1.165, 1.54) is 6.07 Å². The number of nitrogens with zero attached hydrogens (tertiary/aromatic N) is 2. The second-order valence-electron chi connectivity index (χ2n) is 10.4. The Morgan fingerprint density at radius 3 is 2.44 bits per heavy atom. The molecule has 0 spiro atoms. The molecule has 1 aliphatic carbocycles. The summed E-state index contributed by atoms with van der Waals surface area (Å²) in [4.78, 5) is 46.4. The Morgan fingerprint density at radius 1 is 0.974 bits per heavy atom. The minimum absolute atomic E-state index is 0.0160. The predicted octanol–water partition coefficient (Wildman–Crippen LogP) is 3.04. The Labute approximate surface area is 227 Å². The van der Waals surface area contributed by atoms with Gasteiger partial charge in [-0.25, -0.2) is 13.4 Å². The monoisotopic (exact) mass is 548 g/mol. The van der Waals surface area contributed by atoms with Gasteiger partial charge in [0.1, 0.15) is 11.2 Å². The van der Waals surface area contributed by atoms with Crippen LogP contribution in [0.4, 0.5) is 5.69 Å². The Kier molecular flexibility index (Phi) is 7.40. The Hall–Kier alpha value is -3.79. The SMILES string of the molecule is CS(=O)(=O)c1ccccc1N1CCC(NC(=O)C2(NC(=O)c3ccc4ccccc4n3)CCCCC2)C(=O)C1. The van der Waals surface area contributed by atoms with Crippen molar-refractivity contribution < 1.29 is 22.8 Å². The van der Waals surface area contributed by atoms with Gasteiger partial charge in [-0.1, -0.05) is 55.7 Å². The van der Waals surface area contributed by atoms with Crippen molar-refractivity contribution in [2.45, 2.75) is 55.0 Å². The summed E-state index contributed by atoms with van der Waals surface area (Å²) < 4.78 is 24.5. The molecule has 0 bridgehead atoms. The van der Waals surface area contributed by atoms with Gasteiger partial charge in [-0.15, -0.1) is 0 Å². The molecule has 39 heavy (non-hydrogen) atoms. The van der Waals surface area contributed by atoms with Gasteiger partial charge in [-0.3, -0.25) is 14.4 Å². The van der Waals surface area contributed by atoms with Crippen LogP contribution in [0.15, 0.2) is 65.6 Å². The Morgan fingerprint density at radius 2 is 1.69 bits per heavy atom. The van der Waals surface area contributed by atoms with E-state index >= 15 is 0 Å². The Bertz CT molecular complexity index is 1530. The summed E-state index contributed by atoms with van der Waals surface area (Å²) in [6.07, 6.45) is 4.97. The number of fused-ring (bicyclic) bond motifs is 1. The topological polar surface area (TPSA) is 126 Å². The number of pyridine rings is 1. The lowest BCUT2D eigenvalue weighted by Crippen LogP contribution is -2.63. The summed E-state index contributed by atoms with van der Waals surface area (Å²) in [5, 5.41) is 6.81. The van der Waals surface area contributed by atoms with Gasteiger partial charge < -0.3 is 15.5 Å². The average Bonchev–Trinajstić information content (AvgIpc) is 2.93. The summed E-state index contributed by atoms with van der Waals surface area (Å²) >= 11 is 0. The van der Waals surface area contributed by atoms with E-state index in [-0.39, 0.29) is 28.8 Å². The van der Waals surface area contributed by atoms with Crippen molar-refractivity contribution in [2.24, 2.45) is 0 Å². The number of piperidine rings is 1. The van der Waals surface area contributed by atoms with Crippen molar-refractivity contribution in [1.29, 1.82) is 0 Å². The molecule has 9 nitrogen and oxygen atoms in total. The van der Waals surface area contributed by atoms with E-state index < -0.39 is 27.3 Å². The lowest BCUT2D eigenvalue weighted by molar-refractivity contribution is -0.133. The molecule has 1 unspecified atom stereocenters. The number of hydrogen-bond acceptors (Lipinski definition) is 7. The summed E-state index contributed by atoms with van der Waals surface area (Å²) in [6.45, 7) is 0.390. The maximum absolute atomic E-state index is 13.7. The van der Waals surface area contributed by atoms with Gasteiger partial charge in [0.05, 0.1) is 28.7 Å². The molecule has 3 aromatic rings. The number of Topliss-reactive ketones (excluding diaryl/α,β-unsaturated/α-hetero) is 1. The van der Waals surface area contributed by atoms with Crippen molar-refractivity contribution in [3.05, 3.63) is 66.4 Å². The number of rotatable bonds is 6. The number of carbonyl (C=O) groups is 3. The fourth-order valence-electron chi connectivity index (χ4n) is 5.55. The van der Waals surface area contributed by atoms with Gasteiger partial charge in [0, 0.05) is 18.2 Å². The van der Waals surface area contributed by atoms with Crippen LogP contribution in [0.5, 0.6) is 0 Å². The lowest BCUT2D eigenvalue weighted by Gasteiger charge is -2.39. The summed E-state index contributed by atoms with van der Waals surface area (Å²) in [6, 6.07) is 16.9. The summed E-state index contributed by atoms with van der Waals surface area (Å²) in [7, 11) is -3.47. The van der Waals surface area contributed by atoms with E-state index in [0.717, 1.165) is 30.9 Å². The number of aromatic nitrogens is 1. The highest BCUT2D eigenvalue weighted by Crippen LogP contribution is 2.30. The number of sulfone groups is 1. The first-order valence-corrected chi connectivity index (χ1v) is 15.1. The van der Waals surface area contributed by atoms with E-state index in [1.807, 2.05) is 30.3 Å². The molecule has 10 heteroatoms. The van der Waals surface area contributed by atoms with Crippen LogP contribution < -0.4 is 15.5 Å². The highest BCUT2D eigenvalue weighted by Gasteiger charge is 2.43. The van der Waals surface area contributed by atoms with Crippen LogP contribution in [0.1, 0.15) is 49.0 Å². The van der Waals surface area contributed by atoms with Crippen molar-refractivity contribution >= 4 is 44.0 Å². The number of para-hydroxylation sites is 2. The second kappa shape index (κ2) is 10.8. The molecular formula is C29H32N4O5S. The maximum atomic E-state index is 13.7. The third-order valence-electron chi connectivity index (χ3n) is 7.66. The molecule has 5 rings (SSSR count). The van der Waals surface area contributed by atoms with Gasteiger partial charge >= 0.3 is 0 Å². The zero-order valence-electron chi connectivity index (χ0n) is 21.9. The molecule has 1 atom stereocenters. The molecule has 1 aromatic heterocycles. The molecule has 2 N–H and O–H groups in total. The summed E-state index contributed by atoms with van der Waals surface area (Å²) in [5.74, 6) is -0.984. The number of ketones is 1. The van der Waals surface area contributed by atoms with Crippen LogP contribution in [-0.2, 0) is 19.4 Å². The third kappa shape index (κ3) is 5.66. The van der Waals surface area contributed by atoms with E-state index in [9.17, 15) is 22.8 Å². The van der Waals surface area contributed by atoms with E-state index in [1.54, 1.807) is 29.2 Å². The van der Waals surface area contributed by atoms with Crippen LogP contribution in [0, 0.1) is 0 Å². The van der Waals surface area contributed by atoms with Crippen LogP contribution >= 0.6 is 0 Å². The fourth-order valence-corrected chi connectivity index (χ4v) is 6.45. The largest absolute Gasteiger partial charge is 0.363 e. The molecular weight excluding hydrogens is 516 g/mol. The molecule has 204 valence electrons. The molecule has 2 fully saturated rings. The summed E-state index contributed by atoms with van der Waals surface area (Å²) in [5.41, 5.74) is 0.294. The third-order valence-corrected chi connectivity index (χ3v) is 8.80. The molecule has 1 saturated heterocycles. The van der Waals surface area contributed by atoms with E-state index in [2.05, 4.69) is 15.6 Å². The van der Waals surface area contributed by atoms with E-state index in [0.29, 0.717) is 37.0 Å². The number of benzene rings is 2. The fraction of sp³-hybridized carbons (Fsp3) is 0.379. The first-order valence-electron chi connectivity index (χ1n) is 13.2. The first-order chi connectivity index (χ1) is 18.7. The Balaban J connectivity index is 1.30. The second-order valence-corrected chi connectivity index (χ2v) is 12.4. The smallest absolute Gasteiger partial charge is 0.270 e. The highest BCUT2D eigenvalue weighted by atomic mass is 32.2. The highest BCUT2D eigenvalue weighted by molar-refractivity contribution is 7.90. The van der Waals surface area contributed by atoms with Crippen LogP contribution in [-0.4, -0.2) is 61.9 Å². The standard InChI is InChI=1S/C29H32N4O5S/c1-39(37,38)26-12-6-5-11-24(26)33-18-15-22(25(34)19-33)31-28(36)29(16-7-2-8-17-29)32-27(35)23-14-13-20-9-3-4-10-21(20)30-23/h3-6,9-14,22H,2,7-8,15-19H2,1H3,(H,31,36)(H,32,35). The van der Waals surface area contributed by atoms with Crippen molar-refractivity contribution in [2.75, 3.05) is 24.2 Å². The van der Waals surface area contributed by atoms with Gasteiger partial charge in [0.15, 0.2) is 15.6 Å². The number of nitrogens with one attached hydrogen (secondary N) is 2. The lowest BCUT2D eigenvalue weighted by atomic mass is 9.80. The quantitative estimate of drug-likeness (QED) is 0.485. The molecule has 0 radical (unpaired) electrons. The van der Waals surface area contributed by atoms with Gasteiger partial charge in [-0.05, 0) is 43.5 Å². The minimum Gasteiger partial charge on any atom is -0.363 e. The molecule has 1 saturated carbocycles. The van der Waals surface area contributed by atoms with Crippen molar-refractivity contribution in [3.63, 3.8) is 0 Å². The van der Waals surface area contributed by atoms with Crippen molar-refractivity contribution in [1.82, 2.24) is 15.6 Å². The molecule has 2 heterocycles. The predicted molar refractivity (Wildman–Crippen MR) is 148 cm³/mol. The number of amides is 2. The minimum atomic E-state index is -3.47. The number of hydrogen-bond donors (Lipinski definition) is 2. The van der Waals surface area contributed by atoms with Crippen LogP contribution in [0.3, 0.4) is 0 Å². The zero-order chi connectivity index (χ0) is 27.6. The maximum Gasteiger partial charge on any atom is 0.270 e. The first kappa shape index (κ1) is 26.8. The molecule has 2 amide bonds. The van der Waals surface area contributed by atoms with Gasteiger partial charge in [0.25, 0.3) is 5.91 Å². The van der Waals surface area contributed by atoms with Crippen LogP contribution in [0.2, 0.25) is 0 Å². The molecule has 2 aliphatic rings. The zero-order valence-corrected chi connectivity index (χ0v) is 22.7. The molecule has 1 aliphatic heterocycles. The van der Waals surface area contributed by atoms with Gasteiger partial charge in [0.2, 0.25) is 5.91 Å². The molecule has 2 aromatic carbocycles. The van der Waals surface area contributed by atoms with E-state index in [4.69, 9.17) is 0 Å². The average molecular weight is 549 g/mol. The normalized spacial score (nSPS) is 19.5.